The van der Waals surface area contributed by atoms with Crippen LogP contribution in [0.3, 0.4) is 0 Å². The molecular weight excluding hydrogens is 408 g/mol. The zero-order valence-corrected chi connectivity index (χ0v) is 19.0. The molecule has 2 fully saturated rings. The minimum atomic E-state index is -0.169. The molecule has 1 aromatic carbocycles. The number of hydrogen-bond donors (Lipinski definition) is 0. The predicted molar refractivity (Wildman–Crippen MR) is 119 cm³/mol. The molecule has 4 rings (SSSR count). The average molecular weight is 439 g/mol. The molecule has 0 aliphatic carbocycles. The number of benzene rings is 1. The van der Waals surface area contributed by atoms with Crippen LogP contribution in [0.5, 0.6) is 11.5 Å². The lowest BCUT2D eigenvalue weighted by molar-refractivity contribution is -0.131. The molecule has 0 spiro atoms. The van der Waals surface area contributed by atoms with E-state index >= 15 is 0 Å². The number of likely N-dealkylation sites (tertiary alicyclic amines) is 2. The van der Waals surface area contributed by atoms with E-state index in [1.807, 2.05) is 34.9 Å². The Morgan fingerprint density at radius 2 is 1.81 bits per heavy atom. The van der Waals surface area contributed by atoms with Crippen LogP contribution in [-0.4, -0.2) is 65.4 Å². The number of aryl methyl sites for hydroxylation is 1. The number of ether oxygens (including phenoxy) is 2. The highest BCUT2D eigenvalue weighted by molar-refractivity contribution is 5.95. The van der Waals surface area contributed by atoms with Crippen molar-refractivity contribution in [1.82, 2.24) is 19.8 Å². The predicted octanol–water partition coefficient (Wildman–Crippen LogP) is 2.94. The van der Waals surface area contributed by atoms with Crippen molar-refractivity contribution in [2.24, 2.45) is 0 Å². The van der Waals surface area contributed by atoms with E-state index in [0.29, 0.717) is 35.1 Å². The van der Waals surface area contributed by atoms with Crippen LogP contribution in [0, 0.1) is 6.92 Å². The molecule has 0 N–H and O–H groups in total. The summed E-state index contributed by atoms with van der Waals surface area (Å²) >= 11 is 0. The Balaban J connectivity index is 1.49. The van der Waals surface area contributed by atoms with E-state index in [-0.39, 0.29) is 24.3 Å². The molecule has 0 radical (unpaired) electrons. The maximum Gasteiger partial charge on any atom is 0.257 e. The monoisotopic (exact) mass is 438 g/mol. The highest BCUT2D eigenvalue weighted by Crippen LogP contribution is 2.32. The lowest BCUT2D eigenvalue weighted by Crippen LogP contribution is -2.33. The second kappa shape index (κ2) is 9.54. The first-order valence-electron chi connectivity index (χ1n) is 11.1. The summed E-state index contributed by atoms with van der Waals surface area (Å²) in [5.74, 6) is 1.87. The van der Waals surface area contributed by atoms with Gasteiger partial charge in [0.15, 0.2) is 17.3 Å². The van der Waals surface area contributed by atoms with Gasteiger partial charge in [0, 0.05) is 25.8 Å². The van der Waals surface area contributed by atoms with Crippen molar-refractivity contribution in [2.45, 2.75) is 45.1 Å². The average Bonchev–Trinajstić information content (AvgIpc) is 3.51. The molecule has 3 heterocycles. The van der Waals surface area contributed by atoms with E-state index in [4.69, 9.17) is 9.47 Å². The van der Waals surface area contributed by atoms with Gasteiger partial charge < -0.3 is 19.3 Å². The summed E-state index contributed by atoms with van der Waals surface area (Å²) in [5.41, 5.74) is 2.09. The number of nitrogens with zero attached hydrogens (tertiary/aromatic N) is 4. The summed E-state index contributed by atoms with van der Waals surface area (Å²) in [7, 11) is 3.17. The van der Waals surface area contributed by atoms with Crippen molar-refractivity contribution in [1.29, 1.82) is 0 Å². The highest BCUT2D eigenvalue weighted by atomic mass is 16.5. The molecule has 2 saturated heterocycles. The van der Waals surface area contributed by atoms with E-state index < -0.39 is 0 Å². The zero-order chi connectivity index (χ0) is 22.7. The third-order valence-corrected chi connectivity index (χ3v) is 6.30. The quantitative estimate of drug-likeness (QED) is 0.689. The van der Waals surface area contributed by atoms with Gasteiger partial charge in [0.1, 0.15) is 0 Å². The lowest BCUT2D eigenvalue weighted by atomic mass is 10.1. The zero-order valence-electron chi connectivity index (χ0n) is 19.0. The molecule has 1 atom stereocenters. The molecular formula is C24H30N4O4. The maximum absolute atomic E-state index is 13.1. The fraction of sp³-hybridized carbons (Fsp3) is 0.500. The number of amides is 2. The molecule has 8 nitrogen and oxygen atoms in total. The van der Waals surface area contributed by atoms with Gasteiger partial charge in [-0.1, -0.05) is 6.07 Å². The number of aromatic nitrogens is 2. The minimum absolute atomic E-state index is 0.000595. The van der Waals surface area contributed by atoms with Crippen molar-refractivity contribution in [3.63, 3.8) is 0 Å². The Bertz CT molecular complexity index is 1000. The van der Waals surface area contributed by atoms with Gasteiger partial charge in [-0.2, -0.15) is 0 Å². The number of hydrogen-bond acceptors (Lipinski definition) is 6. The van der Waals surface area contributed by atoms with E-state index in [2.05, 4.69) is 9.97 Å². The Morgan fingerprint density at radius 1 is 1.06 bits per heavy atom. The van der Waals surface area contributed by atoms with Crippen LogP contribution in [-0.2, 0) is 11.2 Å². The van der Waals surface area contributed by atoms with Gasteiger partial charge in [0.2, 0.25) is 5.91 Å². The number of methoxy groups -OCH3 is 2. The Kier molecular flexibility index (Phi) is 6.58. The molecule has 1 aromatic heterocycles. The van der Waals surface area contributed by atoms with E-state index in [0.717, 1.165) is 44.3 Å². The maximum atomic E-state index is 13.1. The van der Waals surface area contributed by atoms with E-state index in [1.54, 1.807) is 20.4 Å². The lowest BCUT2D eigenvalue weighted by Gasteiger charge is -2.24. The minimum Gasteiger partial charge on any atom is -0.493 e. The Hall–Kier alpha value is -3.16. The summed E-state index contributed by atoms with van der Waals surface area (Å²) in [6, 6.07) is 5.36. The number of carbonyl (C=O) groups excluding carboxylic acids is 2. The molecule has 2 amide bonds. The van der Waals surface area contributed by atoms with Crippen LogP contribution in [0.2, 0.25) is 0 Å². The van der Waals surface area contributed by atoms with Crippen LogP contribution in [0.1, 0.15) is 59.2 Å². The molecule has 2 aliphatic rings. The van der Waals surface area contributed by atoms with Crippen molar-refractivity contribution in [2.75, 3.05) is 33.9 Å². The molecule has 8 heteroatoms. The first-order valence-corrected chi connectivity index (χ1v) is 11.1. The molecule has 170 valence electrons. The van der Waals surface area contributed by atoms with Gasteiger partial charge in [-0.05, 0) is 50.3 Å². The van der Waals surface area contributed by atoms with Crippen LogP contribution < -0.4 is 9.47 Å². The summed E-state index contributed by atoms with van der Waals surface area (Å²) in [5, 5.41) is 0. The fourth-order valence-electron chi connectivity index (χ4n) is 4.55. The third kappa shape index (κ3) is 4.40. The second-order valence-electron chi connectivity index (χ2n) is 8.34. The van der Waals surface area contributed by atoms with Gasteiger partial charge in [0.25, 0.3) is 5.91 Å². The molecule has 0 bridgehead atoms. The molecule has 0 saturated carbocycles. The van der Waals surface area contributed by atoms with Gasteiger partial charge in [-0.25, -0.2) is 9.97 Å². The smallest absolute Gasteiger partial charge is 0.257 e. The van der Waals surface area contributed by atoms with Gasteiger partial charge in [-0.15, -0.1) is 0 Å². The highest BCUT2D eigenvalue weighted by Gasteiger charge is 2.33. The molecule has 0 unspecified atom stereocenters. The van der Waals surface area contributed by atoms with Gasteiger partial charge >= 0.3 is 0 Å². The molecule has 2 aliphatic heterocycles. The topological polar surface area (TPSA) is 84.9 Å². The summed E-state index contributed by atoms with van der Waals surface area (Å²) < 4.78 is 10.6. The van der Waals surface area contributed by atoms with Crippen molar-refractivity contribution >= 4 is 11.8 Å². The van der Waals surface area contributed by atoms with Crippen LogP contribution >= 0.6 is 0 Å². The normalized spacial score (nSPS) is 18.2. The van der Waals surface area contributed by atoms with Crippen LogP contribution in [0.25, 0.3) is 0 Å². The molecule has 2 aromatic rings. The standard InChI is InChI=1S/C24H30N4O4/c1-16-18(24(30)27-10-4-5-11-27)15-25-23(26-16)19-7-6-12-28(19)22(29)14-17-8-9-20(31-2)21(13-17)32-3/h8-9,13,15,19H,4-7,10-12,14H2,1-3H3/t19-/m0/s1. The van der Waals surface area contributed by atoms with Gasteiger partial charge in [0.05, 0.1) is 37.9 Å². The van der Waals surface area contributed by atoms with E-state index in [1.165, 1.54) is 0 Å². The number of carbonyl (C=O) groups is 2. The second-order valence-corrected chi connectivity index (χ2v) is 8.34. The van der Waals surface area contributed by atoms with Crippen LogP contribution in [0.4, 0.5) is 0 Å². The van der Waals surface area contributed by atoms with Gasteiger partial charge in [-0.3, -0.25) is 9.59 Å². The van der Waals surface area contributed by atoms with Crippen molar-refractivity contribution in [3.8, 4) is 11.5 Å². The van der Waals surface area contributed by atoms with E-state index in [9.17, 15) is 9.59 Å². The molecule has 32 heavy (non-hydrogen) atoms. The third-order valence-electron chi connectivity index (χ3n) is 6.30. The van der Waals surface area contributed by atoms with Crippen molar-refractivity contribution in [3.05, 3.63) is 47.0 Å². The first-order chi connectivity index (χ1) is 15.5. The van der Waals surface area contributed by atoms with Crippen LogP contribution in [0.15, 0.2) is 24.4 Å². The first kappa shape index (κ1) is 22.0. The fourth-order valence-corrected chi connectivity index (χ4v) is 4.55. The Labute approximate surface area is 188 Å². The summed E-state index contributed by atoms with van der Waals surface area (Å²) in [4.78, 5) is 38.7. The summed E-state index contributed by atoms with van der Waals surface area (Å²) in [6.45, 7) is 4.11. The van der Waals surface area contributed by atoms with Crippen molar-refractivity contribution < 1.29 is 19.1 Å². The summed E-state index contributed by atoms with van der Waals surface area (Å²) in [6.07, 6.45) is 5.70. The number of rotatable bonds is 6. The Morgan fingerprint density at radius 3 is 2.50 bits per heavy atom. The largest absolute Gasteiger partial charge is 0.493 e. The SMILES string of the molecule is COc1ccc(CC(=O)N2CCC[C@H]2c2ncc(C(=O)N3CCCC3)c(C)n2)cc1OC.